The molecule has 3 heteroatoms. The normalized spacial score (nSPS) is 8.80. The SMILES string of the molecule is O=C(O)[B]c1ccccc1. The molecule has 0 unspecified atom stereocenters. The third kappa shape index (κ3) is 1.93. The molecule has 49 valence electrons. The number of rotatable bonds is 2. The summed E-state index contributed by atoms with van der Waals surface area (Å²) >= 11 is 0. The molecule has 0 bridgehead atoms. The van der Waals surface area contributed by atoms with E-state index in [4.69, 9.17) is 5.11 Å². The van der Waals surface area contributed by atoms with Gasteiger partial charge in [0.15, 0.2) is 0 Å². The predicted octanol–water partition coefficient (Wildman–Crippen LogP) is 0.694. The summed E-state index contributed by atoms with van der Waals surface area (Å²) in [6.45, 7) is 0. The number of carboxylic acid groups (broad SMARTS) is 1. The van der Waals surface area contributed by atoms with E-state index in [1.165, 1.54) is 7.28 Å². The van der Waals surface area contributed by atoms with E-state index < -0.39 is 5.87 Å². The molecular weight excluding hydrogens is 127 g/mol. The van der Waals surface area contributed by atoms with Gasteiger partial charge in [0, 0.05) is 0 Å². The molecule has 0 amide bonds. The van der Waals surface area contributed by atoms with Crippen molar-refractivity contribution in [3.8, 4) is 0 Å². The number of hydrogen-bond acceptors (Lipinski definition) is 1. The van der Waals surface area contributed by atoms with Crippen LogP contribution in [0.2, 0.25) is 0 Å². The van der Waals surface area contributed by atoms with Gasteiger partial charge in [-0.15, -0.1) is 0 Å². The van der Waals surface area contributed by atoms with Gasteiger partial charge in [-0.3, -0.25) is 4.79 Å². The zero-order chi connectivity index (χ0) is 7.40. The molecule has 0 aliphatic heterocycles. The minimum Gasteiger partial charge on any atom is -0.489 e. The van der Waals surface area contributed by atoms with E-state index >= 15 is 0 Å². The molecule has 0 aromatic heterocycles. The van der Waals surface area contributed by atoms with Crippen LogP contribution in [0.3, 0.4) is 0 Å². The molecule has 1 aromatic rings. The zero-order valence-corrected chi connectivity index (χ0v) is 5.32. The maximum atomic E-state index is 10.1. The van der Waals surface area contributed by atoms with E-state index in [1.54, 1.807) is 24.3 Å². The first-order chi connectivity index (χ1) is 4.79. The van der Waals surface area contributed by atoms with Crippen molar-refractivity contribution >= 4 is 18.6 Å². The first-order valence-corrected chi connectivity index (χ1v) is 2.92. The van der Waals surface area contributed by atoms with Crippen LogP contribution in [-0.2, 0) is 0 Å². The summed E-state index contributed by atoms with van der Waals surface area (Å²) < 4.78 is 0. The quantitative estimate of drug-likeness (QED) is 0.602. The highest BCUT2D eigenvalue weighted by Crippen LogP contribution is 1.80. The summed E-state index contributed by atoms with van der Waals surface area (Å²) in [6.07, 6.45) is 0. The third-order valence-electron chi connectivity index (χ3n) is 1.09. The maximum Gasteiger partial charge on any atom is 0.299 e. The van der Waals surface area contributed by atoms with Crippen LogP contribution in [-0.4, -0.2) is 18.3 Å². The summed E-state index contributed by atoms with van der Waals surface area (Å²) in [5.41, 5.74) is 0.718. The summed E-state index contributed by atoms with van der Waals surface area (Å²) in [7, 11) is 1.17. The van der Waals surface area contributed by atoms with E-state index in [2.05, 4.69) is 0 Å². The van der Waals surface area contributed by atoms with Crippen molar-refractivity contribution < 1.29 is 9.90 Å². The van der Waals surface area contributed by atoms with Crippen LogP contribution in [0, 0.1) is 0 Å². The Morgan fingerprint density at radius 1 is 1.30 bits per heavy atom. The lowest BCUT2D eigenvalue weighted by Gasteiger charge is -1.90. The Bertz CT molecular complexity index is 220. The fraction of sp³-hybridized carbons (Fsp3) is 0. The van der Waals surface area contributed by atoms with Crippen molar-refractivity contribution in [1.29, 1.82) is 0 Å². The van der Waals surface area contributed by atoms with E-state index in [0.29, 0.717) is 0 Å². The summed E-state index contributed by atoms with van der Waals surface area (Å²) in [4.78, 5) is 10.1. The first-order valence-electron chi connectivity index (χ1n) is 2.92. The second kappa shape index (κ2) is 3.06. The van der Waals surface area contributed by atoms with Gasteiger partial charge in [-0.2, -0.15) is 0 Å². The molecule has 0 saturated heterocycles. The second-order valence-electron chi connectivity index (χ2n) is 1.89. The molecule has 0 saturated carbocycles. The van der Waals surface area contributed by atoms with E-state index in [0.717, 1.165) is 5.46 Å². The van der Waals surface area contributed by atoms with Gasteiger partial charge in [0.25, 0.3) is 7.28 Å². The van der Waals surface area contributed by atoms with Crippen LogP contribution in [0.1, 0.15) is 0 Å². The van der Waals surface area contributed by atoms with Gasteiger partial charge in [0.2, 0.25) is 5.87 Å². The lowest BCUT2D eigenvalue weighted by Crippen LogP contribution is -2.21. The largest absolute Gasteiger partial charge is 0.489 e. The van der Waals surface area contributed by atoms with Gasteiger partial charge in [-0.05, 0) is 0 Å². The first kappa shape index (κ1) is 6.87. The van der Waals surface area contributed by atoms with Crippen LogP contribution in [0.25, 0.3) is 0 Å². The highest BCUT2D eigenvalue weighted by molar-refractivity contribution is 6.82. The smallest absolute Gasteiger partial charge is 0.299 e. The minimum absolute atomic E-state index is 0.718. The topological polar surface area (TPSA) is 37.3 Å². The van der Waals surface area contributed by atoms with E-state index in [-0.39, 0.29) is 0 Å². The van der Waals surface area contributed by atoms with Crippen LogP contribution in [0.5, 0.6) is 0 Å². The van der Waals surface area contributed by atoms with Gasteiger partial charge in [0.05, 0.1) is 0 Å². The summed E-state index contributed by atoms with van der Waals surface area (Å²) in [6, 6.07) is 8.94. The van der Waals surface area contributed by atoms with Crippen molar-refractivity contribution in [3.63, 3.8) is 0 Å². The molecule has 0 heterocycles. The molecule has 0 aliphatic carbocycles. The van der Waals surface area contributed by atoms with Gasteiger partial charge in [-0.1, -0.05) is 35.8 Å². The lowest BCUT2D eigenvalue weighted by atomic mass is 9.71. The molecular formula is C7H6BO2. The Morgan fingerprint density at radius 3 is 2.40 bits per heavy atom. The minimum atomic E-state index is -0.911. The van der Waals surface area contributed by atoms with Crippen molar-refractivity contribution in [3.05, 3.63) is 30.3 Å². The molecule has 0 atom stereocenters. The van der Waals surface area contributed by atoms with Crippen LogP contribution in [0.4, 0.5) is 4.79 Å². The molecule has 10 heavy (non-hydrogen) atoms. The Morgan fingerprint density at radius 2 is 1.90 bits per heavy atom. The van der Waals surface area contributed by atoms with Gasteiger partial charge in [-0.25, -0.2) is 0 Å². The molecule has 0 aliphatic rings. The maximum absolute atomic E-state index is 10.1. The molecule has 0 fully saturated rings. The van der Waals surface area contributed by atoms with Gasteiger partial charge >= 0.3 is 0 Å². The van der Waals surface area contributed by atoms with Crippen molar-refractivity contribution in [2.75, 3.05) is 0 Å². The van der Waals surface area contributed by atoms with E-state index in [9.17, 15) is 4.79 Å². The highest BCUT2D eigenvalue weighted by atomic mass is 16.4. The monoisotopic (exact) mass is 133 g/mol. The third-order valence-corrected chi connectivity index (χ3v) is 1.09. The van der Waals surface area contributed by atoms with Gasteiger partial charge in [0.1, 0.15) is 0 Å². The average Bonchev–Trinajstić information content (AvgIpc) is 1.88. The second-order valence-corrected chi connectivity index (χ2v) is 1.89. The van der Waals surface area contributed by atoms with Crippen LogP contribution in [0.15, 0.2) is 30.3 Å². The van der Waals surface area contributed by atoms with Crippen molar-refractivity contribution in [2.45, 2.75) is 0 Å². The average molecular weight is 133 g/mol. The Kier molecular flexibility index (Phi) is 2.10. The Labute approximate surface area is 59.7 Å². The van der Waals surface area contributed by atoms with E-state index in [1.807, 2.05) is 6.07 Å². The highest BCUT2D eigenvalue weighted by Gasteiger charge is 2.00. The molecule has 1 aromatic carbocycles. The number of hydrogen-bond donors (Lipinski definition) is 1. The molecule has 2 nitrogen and oxygen atoms in total. The summed E-state index contributed by atoms with van der Waals surface area (Å²) in [5.74, 6) is -0.911. The lowest BCUT2D eigenvalue weighted by molar-refractivity contribution is 0.220. The molecule has 0 spiro atoms. The Balaban J connectivity index is 2.67. The zero-order valence-electron chi connectivity index (χ0n) is 5.32. The predicted molar refractivity (Wildman–Crippen MR) is 39.9 cm³/mol. The van der Waals surface area contributed by atoms with Gasteiger partial charge < -0.3 is 5.11 Å². The number of benzene rings is 1. The van der Waals surface area contributed by atoms with Crippen molar-refractivity contribution in [1.82, 2.24) is 0 Å². The summed E-state index contributed by atoms with van der Waals surface area (Å²) in [5, 5.41) is 8.31. The molecule has 1 rings (SSSR count). The number of carbonyl (C=O) groups is 1. The fourth-order valence-corrected chi connectivity index (χ4v) is 0.692. The van der Waals surface area contributed by atoms with Crippen LogP contribution < -0.4 is 5.46 Å². The standard InChI is InChI=1S/C7H6BO2/c9-7(10)8-6-4-2-1-3-5-6/h1-5H,(H,9,10). The molecule has 1 radical (unpaired) electrons. The van der Waals surface area contributed by atoms with Crippen LogP contribution >= 0.6 is 0 Å². The Hall–Kier alpha value is -1.25. The van der Waals surface area contributed by atoms with Crippen molar-refractivity contribution in [2.24, 2.45) is 0 Å². The molecule has 1 N–H and O–H groups in total. The fourth-order valence-electron chi connectivity index (χ4n) is 0.692.